The maximum Gasteiger partial charge on any atom is 0.241 e. The third kappa shape index (κ3) is 4.85. The fraction of sp³-hybridized carbons (Fsp3) is 0.478. The van der Waals surface area contributed by atoms with E-state index in [9.17, 15) is 17.6 Å². The molecule has 5 rings (SSSR count). The Labute approximate surface area is 218 Å². The standard InChI is InChI=1S/C23H28FN7O4S2/c1-4-20-25-26-22(36-20)31-11-17-18(27-31)9-16(37(33,34)28-23(12-24)13-35-14-23)10-19(17)29-5-7-30(8-6-29)21(32)15(2)3/h4,9-11,15,28H,1,5-8,12-14H2,2-3H3. The molecule has 1 aromatic carbocycles. The first-order valence-corrected chi connectivity index (χ1v) is 14.2. The molecule has 198 valence electrons. The summed E-state index contributed by atoms with van der Waals surface area (Å²) in [5, 5.41) is 14.6. The lowest BCUT2D eigenvalue weighted by Gasteiger charge is -2.39. The summed E-state index contributed by atoms with van der Waals surface area (Å²) in [6.07, 6.45) is 3.38. The number of sulfonamides is 1. The maximum absolute atomic E-state index is 13.7. The molecule has 0 aliphatic carbocycles. The first kappa shape index (κ1) is 25.7. The van der Waals surface area contributed by atoms with Gasteiger partial charge in [0.05, 0.1) is 23.6 Å². The Hall–Kier alpha value is -2.94. The smallest absolute Gasteiger partial charge is 0.241 e. The van der Waals surface area contributed by atoms with Crippen molar-refractivity contribution >= 4 is 49.9 Å². The topological polar surface area (TPSA) is 123 Å². The number of halogens is 1. The molecule has 14 heteroatoms. The number of hydrogen-bond donors (Lipinski definition) is 1. The van der Waals surface area contributed by atoms with Crippen LogP contribution in [0.1, 0.15) is 18.9 Å². The number of anilines is 1. The number of nitrogens with one attached hydrogen (secondary N) is 1. The highest BCUT2D eigenvalue weighted by Gasteiger charge is 2.43. The van der Waals surface area contributed by atoms with Gasteiger partial charge in [-0.15, -0.1) is 10.2 Å². The number of alkyl halides is 1. The van der Waals surface area contributed by atoms with Gasteiger partial charge in [0.2, 0.25) is 21.1 Å². The third-order valence-electron chi connectivity index (χ3n) is 6.48. The van der Waals surface area contributed by atoms with Crippen LogP contribution >= 0.6 is 11.3 Å². The van der Waals surface area contributed by atoms with E-state index >= 15 is 0 Å². The van der Waals surface area contributed by atoms with Crippen LogP contribution in [0.4, 0.5) is 10.1 Å². The summed E-state index contributed by atoms with van der Waals surface area (Å²) < 4.78 is 49.5. The molecule has 1 N–H and O–H groups in total. The predicted molar refractivity (Wildman–Crippen MR) is 138 cm³/mol. The fourth-order valence-electron chi connectivity index (χ4n) is 4.39. The van der Waals surface area contributed by atoms with Crippen LogP contribution in [0.5, 0.6) is 0 Å². The first-order valence-electron chi connectivity index (χ1n) is 11.9. The normalized spacial score (nSPS) is 17.8. The Morgan fingerprint density at radius 3 is 2.57 bits per heavy atom. The quantitative estimate of drug-likeness (QED) is 0.452. The van der Waals surface area contributed by atoms with Crippen molar-refractivity contribution in [3.05, 3.63) is 29.9 Å². The summed E-state index contributed by atoms with van der Waals surface area (Å²) in [6, 6.07) is 3.05. The molecule has 2 aromatic heterocycles. The molecule has 2 saturated heterocycles. The van der Waals surface area contributed by atoms with Crippen molar-refractivity contribution in [3.63, 3.8) is 0 Å². The van der Waals surface area contributed by atoms with Crippen molar-refractivity contribution < 1.29 is 22.3 Å². The minimum Gasteiger partial charge on any atom is -0.377 e. The van der Waals surface area contributed by atoms with E-state index < -0.39 is 22.2 Å². The lowest BCUT2D eigenvalue weighted by Crippen LogP contribution is -2.63. The van der Waals surface area contributed by atoms with E-state index in [0.717, 1.165) is 5.39 Å². The van der Waals surface area contributed by atoms with Crippen LogP contribution in [0.15, 0.2) is 29.8 Å². The second-order valence-electron chi connectivity index (χ2n) is 9.56. The van der Waals surface area contributed by atoms with Gasteiger partial charge >= 0.3 is 0 Å². The third-order valence-corrected chi connectivity index (χ3v) is 8.94. The molecule has 4 heterocycles. The zero-order valence-corrected chi connectivity index (χ0v) is 22.2. The Morgan fingerprint density at radius 2 is 2.00 bits per heavy atom. The molecular formula is C23H28FN7O4S2. The highest BCUT2D eigenvalue weighted by Crippen LogP contribution is 2.33. The zero-order chi connectivity index (χ0) is 26.4. The van der Waals surface area contributed by atoms with Crippen LogP contribution in [0.2, 0.25) is 0 Å². The second-order valence-corrected chi connectivity index (χ2v) is 12.2. The van der Waals surface area contributed by atoms with Crippen molar-refractivity contribution in [1.82, 2.24) is 29.6 Å². The van der Waals surface area contributed by atoms with Gasteiger partial charge < -0.3 is 14.5 Å². The van der Waals surface area contributed by atoms with Gasteiger partial charge in [-0.25, -0.2) is 17.5 Å². The molecule has 0 radical (unpaired) electrons. The number of rotatable bonds is 8. The Morgan fingerprint density at radius 1 is 1.27 bits per heavy atom. The number of nitrogens with zero attached hydrogens (tertiary/aromatic N) is 6. The summed E-state index contributed by atoms with van der Waals surface area (Å²) in [7, 11) is -4.08. The van der Waals surface area contributed by atoms with E-state index in [-0.39, 0.29) is 29.9 Å². The predicted octanol–water partition coefficient (Wildman–Crippen LogP) is 1.84. The molecule has 37 heavy (non-hydrogen) atoms. The summed E-state index contributed by atoms with van der Waals surface area (Å²) >= 11 is 1.30. The lowest BCUT2D eigenvalue weighted by molar-refractivity contribution is -0.134. The second kappa shape index (κ2) is 9.74. The van der Waals surface area contributed by atoms with E-state index in [2.05, 4.69) is 26.6 Å². The van der Waals surface area contributed by atoms with Crippen LogP contribution in [0.3, 0.4) is 0 Å². The van der Waals surface area contributed by atoms with Gasteiger partial charge in [0.1, 0.15) is 17.2 Å². The number of carbonyl (C=O) groups excluding carboxylic acids is 1. The van der Waals surface area contributed by atoms with E-state index in [1.165, 1.54) is 17.4 Å². The summed E-state index contributed by atoms with van der Waals surface area (Å²) in [5.74, 6) is -0.00613. The Bertz CT molecular complexity index is 1430. The number of amides is 1. The van der Waals surface area contributed by atoms with Crippen molar-refractivity contribution in [2.24, 2.45) is 5.92 Å². The number of ether oxygens (including phenoxy) is 1. The van der Waals surface area contributed by atoms with Gasteiger partial charge in [-0.2, -0.15) is 9.82 Å². The molecule has 3 aromatic rings. The van der Waals surface area contributed by atoms with Crippen LogP contribution in [0, 0.1) is 5.92 Å². The largest absolute Gasteiger partial charge is 0.377 e. The lowest BCUT2D eigenvalue weighted by atomic mass is 10.0. The first-order chi connectivity index (χ1) is 17.6. The summed E-state index contributed by atoms with van der Waals surface area (Å²) in [5.41, 5.74) is -0.162. The van der Waals surface area contributed by atoms with Crippen molar-refractivity contribution in [2.75, 3.05) is 51.0 Å². The molecule has 1 amide bonds. The number of fused-ring (bicyclic) bond motifs is 1. The minimum absolute atomic E-state index is 0.0234. The SMILES string of the molecule is C=Cc1nnc(-n2cc3c(N4CCN(C(=O)C(C)C)CC4)cc(S(=O)(=O)NC4(CF)COC4)cc3n2)s1. The monoisotopic (exact) mass is 549 g/mol. The van der Waals surface area contributed by atoms with Gasteiger partial charge in [-0.05, 0) is 18.2 Å². The van der Waals surface area contributed by atoms with Crippen LogP contribution in [0.25, 0.3) is 22.1 Å². The van der Waals surface area contributed by atoms with Crippen molar-refractivity contribution in [1.29, 1.82) is 0 Å². The van der Waals surface area contributed by atoms with Gasteiger partial charge in [0, 0.05) is 49.4 Å². The van der Waals surface area contributed by atoms with E-state index in [4.69, 9.17) is 4.74 Å². The Balaban J connectivity index is 1.54. The molecule has 0 atom stereocenters. The molecule has 2 fully saturated rings. The van der Waals surface area contributed by atoms with E-state index in [0.29, 0.717) is 47.5 Å². The fourth-order valence-corrected chi connectivity index (χ4v) is 6.40. The molecular weight excluding hydrogens is 521 g/mol. The molecule has 11 nitrogen and oxygen atoms in total. The Kier molecular flexibility index (Phi) is 6.77. The van der Waals surface area contributed by atoms with Crippen LogP contribution < -0.4 is 9.62 Å². The number of carbonyl (C=O) groups is 1. The summed E-state index contributed by atoms with van der Waals surface area (Å²) in [4.78, 5) is 16.3. The summed E-state index contributed by atoms with van der Waals surface area (Å²) in [6.45, 7) is 8.61. The van der Waals surface area contributed by atoms with Crippen LogP contribution in [-0.4, -0.2) is 90.8 Å². The van der Waals surface area contributed by atoms with E-state index in [1.807, 2.05) is 23.6 Å². The molecule has 2 aliphatic heterocycles. The van der Waals surface area contributed by atoms with Gasteiger partial charge in [-0.3, -0.25) is 4.79 Å². The molecule has 0 unspecified atom stereocenters. The maximum atomic E-state index is 13.7. The van der Waals surface area contributed by atoms with Crippen molar-refractivity contribution in [2.45, 2.75) is 24.3 Å². The van der Waals surface area contributed by atoms with Crippen molar-refractivity contribution in [3.8, 4) is 5.13 Å². The molecule has 2 aliphatic rings. The minimum atomic E-state index is -4.08. The number of hydrogen-bond acceptors (Lipinski definition) is 9. The zero-order valence-electron chi connectivity index (χ0n) is 20.6. The van der Waals surface area contributed by atoms with E-state index in [1.54, 1.807) is 23.0 Å². The molecule has 0 spiro atoms. The highest BCUT2D eigenvalue weighted by atomic mass is 32.2. The molecule has 0 bridgehead atoms. The average Bonchev–Trinajstić information content (AvgIpc) is 3.52. The average molecular weight is 550 g/mol. The number of benzene rings is 1. The van der Waals surface area contributed by atoms with Gasteiger partial charge in [0.25, 0.3) is 0 Å². The van der Waals surface area contributed by atoms with Gasteiger partial charge in [0.15, 0.2) is 0 Å². The van der Waals surface area contributed by atoms with Gasteiger partial charge in [-0.1, -0.05) is 31.8 Å². The highest BCUT2D eigenvalue weighted by molar-refractivity contribution is 7.89. The number of aromatic nitrogens is 4. The molecule has 0 saturated carbocycles. The van der Waals surface area contributed by atoms with Crippen LogP contribution in [-0.2, 0) is 19.6 Å². The number of piperazine rings is 1.